The summed E-state index contributed by atoms with van der Waals surface area (Å²) in [4.78, 5) is 22.0. The quantitative estimate of drug-likeness (QED) is 0.387. The number of nitrogens with one attached hydrogen (secondary N) is 1. The molecule has 1 rings (SSSR count). The highest BCUT2D eigenvalue weighted by Gasteiger charge is 2.47. The lowest BCUT2D eigenvalue weighted by Gasteiger charge is -2.39. The molecule has 1 heterocycles. The van der Waals surface area contributed by atoms with Gasteiger partial charge in [-0.15, -0.1) is 0 Å². The lowest BCUT2D eigenvalue weighted by Crippen LogP contribution is -2.64. The number of aliphatic hydroxyl groups excluding tert-OH is 3. The van der Waals surface area contributed by atoms with Crippen LogP contribution in [0.4, 0.5) is 0 Å². The monoisotopic (exact) mass is 249 g/mol. The molecule has 1 aliphatic rings. The molecule has 0 aliphatic carbocycles. The number of carbonyl (C=O) groups excluding carboxylic acids is 2. The van der Waals surface area contributed by atoms with Crippen molar-refractivity contribution < 1.29 is 34.4 Å². The van der Waals surface area contributed by atoms with Crippen LogP contribution >= 0.6 is 0 Å². The molecular formula is C9H15NO7. The molecule has 0 bridgehead atoms. The van der Waals surface area contributed by atoms with Crippen molar-refractivity contribution in [2.24, 2.45) is 0 Å². The summed E-state index contributed by atoms with van der Waals surface area (Å²) in [5.41, 5.74) is 0. The Kier molecular flexibility index (Phi) is 4.40. The number of rotatable bonds is 2. The van der Waals surface area contributed by atoms with E-state index in [-0.39, 0.29) is 0 Å². The van der Waals surface area contributed by atoms with E-state index in [9.17, 15) is 24.9 Å². The van der Waals surface area contributed by atoms with E-state index in [1.165, 1.54) is 6.92 Å². The summed E-state index contributed by atoms with van der Waals surface area (Å²) >= 11 is 0. The predicted molar refractivity (Wildman–Crippen MR) is 52.5 cm³/mol. The molecule has 0 aromatic heterocycles. The van der Waals surface area contributed by atoms with Gasteiger partial charge in [0.05, 0.1) is 7.11 Å². The van der Waals surface area contributed by atoms with E-state index in [1.54, 1.807) is 0 Å². The van der Waals surface area contributed by atoms with Crippen molar-refractivity contribution in [3.8, 4) is 0 Å². The van der Waals surface area contributed by atoms with Crippen LogP contribution in [-0.2, 0) is 19.1 Å². The van der Waals surface area contributed by atoms with E-state index in [0.29, 0.717) is 0 Å². The van der Waals surface area contributed by atoms with Crippen molar-refractivity contribution in [3.63, 3.8) is 0 Å². The zero-order valence-electron chi connectivity index (χ0n) is 9.36. The molecule has 1 aliphatic heterocycles. The molecule has 1 amide bonds. The molecule has 8 nitrogen and oxygen atoms in total. The fraction of sp³-hybridized carbons (Fsp3) is 0.778. The van der Waals surface area contributed by atoms with E-state index >= 15 is 0 Å². The first-order valence-electron chi connectivity index (χ1n) is 4.93. The number of ether oxygens (including phenoxy) is 2. The van der Waals surface area contributed by atoms with Crippen molar-refractivity contribution in [2.75, 3.05) is 7.11 Å². The summed E-state index contributed by atoms with van der Waals surface area (Å²) < 4.78 is 9.13. The van der Waals surface area contributed by atoms with Gasteiger partial charge in [0.1, 0.15) is 18.2 Å². The van der Waals surface area contributed by atoms with Gasteiger partial charge in [-0.2, -0.15) is 0 Å². The minimum absolute atomic E-state index is 0.514. The van der Waals surface area contributed by atoms with Crippen LogP contribution in [0.25, 0.3) is 0 Å². The van der Waals surface area contributed by atoms with Crippen molar-refractivity contribution in [3.05, 3.63) is 0 Å². The summed E-state index contributed by atoms with van der Waals surface area (Å²) in [6.07, 6.45) is -6.23. The molecular weight excluding hydrogens is 234 g/mol. The first-order chi connectivity index (χ1) is 7.88. The number of hydrogen-bond acceptors (Lipinski definition) is 7. The highest BCUT2D eigenvalue weighted by atomic mass is 16.6. The molecule has 8 heteroatoms. The second kappa shape index (κ2) is 5.41. The first kappa shape index (κ1) is 13.8. The van der Waals surface area contributed by atoms with Gasteiger partial charge in [-0.25, -0.2) is 4.79 Å². The largest absolute Gasteiger partial charge is 0.467 e. The molecule has 0 unspecified atom stereocenters. The van der Waals surface area contributed by atoms with Crippen molar-refractivity contribution in [1.29, 1.82) is 0 Å². The van der Waals surface area contributed by atoms with Gasteiger partial charge in [-0.3, -0.25) is 4.79 Å². The third-order valence-corrected chi connectivity index (χ3v) is 2.42. The van der Waals surface area contributed by atoms with E-state index in [0.717, 1.165) is 7.11 Å². The van der Waals surface area contributed by atoms with E-state index < -0.39 is 42.5 Å². The topological polar surface area (TPSA) is 125 Å². The molecule has 0 spiro atoms. The zero-order valence-corrected chi connectivity index (χ0v) is 9.36. The fourth-order valence-corrected chi connectivity index (χ4v) is 1.58. The summed E-state index contributed by atoms with van der Waals surface area (Å²) in [5, 5.41) is 31.0. The Morgan fingerprint density at radius 2 is 1.82 bits per heavy atom. The maximum absolute atomic E-state index is 11.2. The van der Waals surface area contributed by atoms with Gasteiger partial charge >= 0.3 is 5.97 Å². The van der Waals surface area contributed by atoms with Crippen LogP contribution in [0.1, 0.15) is 6.92 Å². The Morgan fingerprint density at radius 1 is 1.24 bits per heavy atom. The van der Waals surface area contributed by atoms with Gasteiger partial charge in [0.2, 0.25) is 5.91 Å². The third-order valence-electron chi connectivity index (χ3n) is 2.42. The van der Waals surface area contributed by atoms with Gasteiger partial charge in [0, 0.05) is 6.92 Å². The van der Waals surface area contributed by atoms with Crippen LogP contribution < -0.4 is 5.32 Å². The van der Waals surface area contributed by atoms with Crippen LogP contribution in [0.5, 0.6) is 0 Å². The Bertz CT molecular complexity index is 308. The number of hydrogen-bond donors (Lipinski definition) is 4. The molecule has 0 aromatic carbocycles. The predicted octanol–water partition coefficient (Wildman–Crippen LogP) is -2.90. The fourth-order valence-electron chi connectivity index (χ4n) is 1.58. The number of amides is 1. The van der Waals surface area contributed by atoms with Gasteiger partial charge in [-0.05, 0) is 0 Å². The highest BCUT2D eigenvalue weighted by molar-refractivity contribution is 5.76. The molecule has 98 valence electrons. The highest BCUT2D eigenvalue weighted by Crippen LogP contribution is 2.20. The Balaban J connectivity index is 2.79. The summed E-state index contributed by atoms with van der Waals surface area (Å²) in [5.74, 6) is -1.43. The van der Waals surface area contributed by atoms with Crippen molar-refractivity contribution in [2.45, 2.75) is 37.6 Å². The second-order valence-electron chi connectivity index (χ2n) is 3.68. The number of methoxy groups -OCH3 is 1. The molecule has 0 aromatic rings. The standard InChI is InChI=1S/C9H15NO7/c1-3(11)10-4-5(12)6(13)7(9(15)16-2)17-8(4)14/h4-8,12-14H,1-2H3,(H,10,11)/t4-,5-,6-,7-,8-/m1/s1. The summed E-state index contributed by atoms with van der Waals surface area (Å²) in [6, 6.07) is -1.21. The minimum Gasteiger partial charge on any atom is -0.467 e. The Hall–Kier alpha value is -1.22. The molecule has 5 atom stereocenters. The van der Waals surface area contributed by atoms with Gasteiger partial charge in [-0.1, -0.05) is 0 Å². The second-order valence-corrected chi connectivity index (χ2v) is 3.68. The van der Waals surface area contributed by atoms with E-state index in [2.05, 4.69) is 10.1 Å². The lowest BCUT2D eigenvalue weighted by atomic mass is 9.97. The minimum atomic E-state index is -1.61. The molecule has 17 heavy (non-hydrogen) atoms. The number of carbonyl (C=O) groups is 2. The maximum Gasteiger partial charge on any atom is 0.337 e. The van der Waals surface area contributed by atoms with Crippen molar-refractivity contribution >= 4 is 11.9 Å². The van der Waals surface area contributed by atoms with Crippen molar-refractivity contribution in [1.82, 2.24) is 5.32 Å². The number of esters is 1. The molecule has 4 N–H and O–H groups in total. The molecule has 0 radical (unpaired) electrons. The summed E-state index contributed by atoms with van der Waals surface area (Å²) in [7, 11) is 1.08. The van der Waals surface area contributed by atoms with Crippen LogP contribution in [0.15, 0.2) is 0 Å². The normalized spacial score (nSPS) is 37.4. The Labute approximate surface area is 97.1 Å². The molecule has 1 fully saturated rings. The van der Waals surface area contributed by atoms with Crippen LogP contribution in [0.3, 0.4) is 0 Å². The van der Waals surface area contributed by atoms with Crippen LogP contribution in [0.2, 0.25) is 0 Å². The third kappa shape index (κ3) is 2.91. The van der Waals surface area contributed by atoms with Gasteiger partial charge in [0.15, 0.2) is 12.4 Å². The molecule has 1 saturated heterocycles. The SMILES string of the molecule is COC(=O)[C@@H]1O[C@@H](O)[C@H](NC(C)=O)[C@@H](O)[C@H]1O. The average molecular weight is 249 g/mol. The zero-order chi connectivity index (χ0) is 13.2. The van der Waals surface area contributed by atoms with E-state index in [1.807, 2.05) is 0 Å². The van der Waals surface area contributed by atoms with Gasteiger partial charge < -0.3 is 30.1 Å². The maximum atomic E-state index is 11.2. The average Bonchev–Trinajstić information content (AvgIpc) is 2.28. The Morgan fingerprint density at radius 3 is 2.29 bits per heavy atom. The van der Waals surface area contributed by atoms with Gasteiger partial charge in [0.25, 0.3) is 0 Å². The molecule has 0 saturated carbocycles. The summed E-state index contributed by atoms with van der Waals surface area (Å²) in [6.45, 7) is 1.18. The lowest BCUT2D eigenvalue weighted by molar-refractivity contribution is -0.250. The smallest absolute Gasteiger partial charge is 0.337 e. The van der Waals surface area contributed by atoms with Crippen LogP contribution in [-0.4, -0.2) is 64.9 Å². The first-order valence-corrected chi connectivity index (χ1v) is 4.93. The number of aliphatic hydroxyl groups is 3. The van der Waals surface area contributed by atoms with E-state index in [4.69, 9.17) is 4.74 Å². The van der Waals surface area contributed by atoms with Crippen LogP contribution in [0, 0.1) is 0 Å².